The number of carbonyl (C=O) groups is 3. The predicted octanol–water partition coefficient (Wildman–Crippen LogP) is 16.3. The fourth-order valence-corrected chi connectivity index (χ4v) is 11.0. The van der Waals surface area contributed by atoms with Crippen LogP contribution in [0.1, 0.15) is 225 Å². The molecule has 5 aliphatic carbocycles. The van der Waals surface area contributed by atoms with Crippen molar-refractivity contribution < 1.29 is 38.8 Å². The van der Waals surface area contributed by atoms with Gasteiger partial charge in [0, 0.05) is 0 Å². The van der Waals surface area contributed by atoms with Gasteiger partial charge in [0.25, 0.3) is 0 Å². The van der Waals surface area contributed by atoms with Crippen molar-refractivity contribution >= 4 is 40.5 Å². The zero-order valence-electron chi connectivity index (χ0n) is 45.7. The van der Waals surface area contributed by atoms with Crippen molar-refractivity contribution in [3.63, 3.8) is 0 Å². The summed E-state index contributed by atoms with van der Waals surface area (Å²) in [5, 5.41) is 18.6. The van der Waals surface area contributed by atoms with Crippen LogP contribution in [0.4, 0.5) is 0 Å². The number of halogens is 1. The molecule has 0 heterocycles. The molecule has 2 aromatic carbocycles. The van der Waals surface area contributed by atoms with E-state index in [2.05, 4.69) is 71.1 Å². The second-order valence-corrected chi connectivity index (χ2v) is 24.9. The molecule has 386 valence electrons. The molecule has 4 bridgehead atoms. The Morgan fingerprint density at radius 3 is 1.49 bits per heavy atom. The molecular formula is C59H95IO8. The van der Waals surface area contributed by atoms with Crippen LogP contribution in [0.2, 0.25) is 0 Å². The zero-order valence-corrected chi connectivity index (χ0v) is 47.9. The fraction of sp³-hybridized carbons (Fsp3) is 0.746. The lowest BCUT2D eigenvalue weighted by Gasteiger charge is -2.62. The minimum atomic E-state index is -0.669. The van der Waals surface area contributed by atoms with E-state index >= 15 is 0 Å². The third kappa shape index (κ3) is 14.4. The summed E-state index contributed by atoms with van der Waals surface area (Å²) in [7, 11) is 0. The summed E-state index contributed by atoms with van der Waals surface area (Å²) >= 11 is 2.07. The van der Waals surface area contributed by atoms with Crippen molar-refractivity contribution in [2.45, 2.75) is 230 Å². The van der Waals surface area contributed by atoms with Gasteiger partial charge >= 0.3 is 17.9 Å². The molecule has 0 amide bonds. The molecule has 2 N–H and O–H groups in total. The number of hydrogen-bond donors (Lipinski definition) is 2. The van der Waals surface area contributed by atoms with E-state index in [1.165, 1.54) is 50.5 Å². The first kappa shape index (κ1) is 59.5. The molecular weight excluding hydrogens is 964 g/mol. The lowest BCUT2D eigenvalue weighted by atomic mass is 9.47. The van der Waals surface area contributed by atoms with Crippen LogP contribution in [0.5, 0.6) is 11.5 Å². The van der Waals surface area contributed by atoms with Gasteiger partial charge in [-0.15, -0.1) is 0 Å². The normalized spacial score (nSPS) is 24.0. The van der Waals surface area contributed by atoms with Crippen molar-refractivity contribution in [1.29, 1.82) is 0 Å². The molecule has 9 heteroatoms. The van der Waals surface area contributed by atoms with Gasteiger partial charge in [-0.2, -0.15) is 0 Å². The monoisotopic (exact) mass is 1060 g/mol. The standard InChI is InChI=1S/C19H32O2.C16H23IO3.C14H26O2.C10H14O/c1-6-18(4,5)17(20)21-19(12(2)3)15-8-13-7-14(10-15)11-16(19)9-13;1-6-15(3,4)14(19)20-16(5,7-2)11-8-9-13(18)12(17)10-11;1-6-13(4,5)12(15)16-14(11(2)3)9-7-8-10-14;1-3-8(2)9-4-6-10(11)7-5-9/h12-16H,6-11H2,1-5H3;8-10,18H,6-7H2,1-5H3;11H,6-10H2,1-5H3;4-8,11H,3H2,1-2H3. The quantitative estimate of drug-likeness (QED) is 0.103. The van der Waals surface area contributed by atoms with E-state index in [-0.39, 0.29) is 45.7 Å². The molecule has 0 spiro atoms. The zero-order chi connectivity index (χ0) is 51.6. The van der Waals surface area contributed by atoms with Crippen molar-refractivity contribution in [1.82, 2.24) is 0 Å². The molecule has 0 saturated heterocycles. The molecule has 2 unspecified atom stereocenters. The van der Waals surface area contributed by atoms with Crippen LogP contribution >= 0.6 is 22.6 Å². The van der Waals surface area contributed by atoms with Crippen molar-refractivity contribution in [3.8, 4) is 11.5 Å². The van der Waals surface area contributed by atoms with Gasteiger partial charge in [-0.05, 0) is 238 Å². The van der Waals surface area contributed by atoms with E-state index in [1.807, 2.05) is 93.5 Å². The largest absolute Gasteiger partial charge is 0.508 e. The van der Waals surface area contributed by atoms with Gasteiger partial charge in [0.1, 0.15) is 28.3 Å². The van der Waals surface area contributed by atoms with Crippen molar-refractivity contribution in [3.05, 3.63) is 57.2 Å². The molecule has 0 aromatic heterocycles. The van der Waals surface area contributed by atoms with Gasteiger partial charge in [-0.3, -0.25) is 14.4 Å². The smallest absolute Gasteiger partial charge is 0.312 e. The Labute approximate surface area is 427 Å². The van der Waals surface area contributed by atoms with E-state index in [9.17, 15) is 19.5 Å². The molecule has 5 saturated carbocycles. The summed E-state index contributed by atoms with van der Waals surface area (Å²) in [6.07, 6.45) is 15.3. The average molecular weight is 1060 g/mol. The maximum absolute atomic E-state index is 12.8. The summed E-state index contributed by atoms with van der Waals surface area (Å²) in [5.74, 6) is 4.92. The molecule has 5 aliphatic rings. The summed E-state index contributed by atoms with van der Waals surface area (Å²) in [5.41, 5.74) is 0.00633. The Morgan fingerprint density at radius 2 is 1.09 bits per heavy atom. The Morgan fingerprint density at radius 1 is 0.632 bits per heavy atom. The van der Waals surface area contributed by atoms with Gasteiger partial charge in [0.05, 0.1) is 19.8 Å². The second kappa shape index (κ2) is 24.5. The van der Waals surface area contributed by atoms with Gasteiger partial charge in [0.15, 0.2) is 0 Å². The van der Waals surface area contributed by atoms with Crippen molar-refractivity contribution in [2.75, 3.05) is 0 Å². The topological polar surface area (TPSA) is 119 Å². The highest BCUT2D eigenvalue weighted by atomic mass is 127. The first-order chi connectivity index (χ1) is 31.5. The maximum atomic E-state index is 12.8. The Hall–Kier alpha value is -2.82. The van der Waals surface area contributed by atoms with Gasteiger partial charge in [-0.25, -0.2) is 0 Å². The van der Waals surface area contributed by atoms with Crippen molar-refractivity contribution in [2.24, 2.45) is 51.8 Å². The van der Waals surface area contributed by atoms with Crippen LogP contribution < -0.4 is 0 Å². The number of hydrogen-bond acceptors (Lipinski definition) is 8. The predicted molar refractivity (Wildman–Crippen MR) is 286 cm³/mol. The van der Waals surface area contributed by atoms with Crippen LogP contribution in [0.3, 0.4) is 0 Å². The van der Waals surface area contributed by atoms with E-state index in [0.717, 1.165) is 59.5 Å². The van der Waals surface area contributed by atoms with E-state index in [4.69, 9.17) is 19.3 Å². The molecule has 2 aromatic rings. The highest BCUT2D eigenvalue weighted by Crippen LogP contribution is 2.62. The minimum Gasteiger partial charge on any atom is -0.508 e. The second-order valence-electron chi connectivity index (χ2n) is 23.8. The number of ether oxygens (including phenoxy) is 3. The fourth-order valence-electron chi connectivity index (χ4n) is 10.5. The van der Waals surface area contributed by atoms with Crippen LogP contribution in [-0.2, 0) is 34.2 Å². The third-order valence-corrected chi connectivity index (χ3v) is 18.2. The van der Waals surface area contributed by atoms with Gasteiger partial charge < -0.3 is 24.4 Å². The highest BCUT2D eigenvalue weighted by Gasteiger charge is 2.61. The number of rotatable bonds is 15. The first-order valence-electron chi connectivity index (χ1n) is 26.5. The summed E-state index contributed by atoms with van der Waals surface area (Å²) in [6.45, 7) is 35.0. The Kier molecular flexibility index (Phi) is 21.5. The van der Waals surface area contributed by atoms with Gasteiger partial charge in [0.2, 0.25) is 0 Å². The molecule has 5 fully saturated rings. The van der Waals surface area contributed by atoms with E-state index < -0.39 is 11.0 Å². The van der Waals surface area contributed by atoms with Crippen LogP contribution in [0.15, 0.2) is 42.5 Å². The SMILES string of the molecule is CCC(C)(C)C(=O)OC(C)(CC)c1ccc(O)c(I)c1.CCC(C)(C)C(=O)OC1(C(C)C)C2CC3CC(C2)CC1C3.CCC(C)(C)C(=O)OC1(C(C)C)CCCC1.CCC(C)c1ccc(O)cc1. The molecule has 7 rings (SSSR count). The molecule has 0 aliphatic heterocycles. The van der Waals surface area contributed by atoms with Gasteiger partial charge in [-0.1, -0.05) is 87.4 Å². The first-order valence-corrected chi connectivity index (χ1v) is 27.6. The average Bonchev–Trinajstić information content (AvgIpc) is 3.78. The molecule has 8 nitrogen and oxygen atoms in total. The van der Waals surface area contributed by atoms with E-state index in [0.29, 0.717) is 41.8 Å². The highest BCUT2D eigenvalue weighted by molar-refractivity contribution is 14.1. The lowest BCUT2D eigenvalue weighted by molar-refractivity contribution is -0.231. The van der Waals surface area contributed by atoms with Crippen LogP contribution in [0.25, 0.3) is 0 Å². The number of esters is 3. The number of phenolic OH excluding ortho intramolecular Hbond substituents is 2. The van der Waals surface area contributed by atoms with E-state index in [1.54, 1.807) is 18.2 Å². The lowest BCUT2D eigenvalue weighted by Crippen LogP contribution is -2.63. The number of aromatic hydroxyl groups is 2. The summed E-state index contributed by atoms with van der Waals surface area (Å²) in [6, 6.07) is 12.7. The van der Waals surface area contributed by atoms with Crippen LogP contribution in [0, 0.1) is 55.3 Å². The summed E-state index contributed by atoms with van der Waals surface area (Å²) < 4.78 is 18.8. The Balaban J connectivity index is 0.000000246. The Bertz CT molecular complexity index is 1890. The number of benzene rings is 2. The van der Waals surface area contributed by atoms with Crippen LogP contribution in [-0.4, -0.2) is 39.3 Å². The third-order valence-electron chi connectivity index (χ3n) is 17.3. The maximum Gasteiger partial charge on any atom is 0.312 e. The number of carbonyl (C=O) groups excluding carboxylic acids is 3. The molecule has 0 radical (unpaired) electrons. The number of phenols is 2. The molecule has 2 atom stereocenters. The minimum absolute atomic E-state index is 0.0226. The summed E-state index contributed by atoms with van der Waals surface area (Å²) in [4.78, 5) is 37.2. The molecule has 68 heavy (non-hydrogen) atoms.